The van der Waals surface area contributed by atoms with Gasteiger partial charge in [0.05, 0.1) is 19.9 Å². The number of aromatic nitrogens is 1. The average Bonchev–Trinajstić information content (AvgIpc) is 3.11. The first-order valence-corrected chi connectivity index (χ1v) is 9.86. The summed E-state index contributed by atoms with van der Waals surface area (Å²) in [5, 5.41) is 12.6. The predicted octanol–water partition coefficient (Wildman–Crippen LogP) is 5.11. The number of halogens is 1. The van der Waals surface area contributed by atoms with Crippen LogP contribution in [0, 0.1) is 5.82 Å². The average molecular weight is 391 g/mol. The number of hydrogen-bond donors (Lipinski definition) is 1. The van der Waals surface area contributed by atoms with E-state index in [-0.39, 0.29) is 11.6 Å². The molecule has 2 aromatic carbocycles. The topological polar surface area (TPSA) is 51.6 Å². The Balaban J connectivity index is 1.65. The number of methoxy groups -OCH3 is 2. The molecular formula is C19H18FNO3S2. The van der Waals surface area contributed by atoms with Crippen LogP contribution in [0.5, 0.6) is 17.2 Å². The summed E-state index contributed by atoms with van der Waals surface area (Å²) in [6.45, 7) is 0. The zero-order chi connectivity index (χ0) is 18.5. The molecule has 0 amide bonds. The van der Waals surface area contributed by atoms with E-state index in [9.17, 15) is 9.50 Å². The van der Waals surface area contributed by atoms with Gasteiger partial charge in [0.25, 0.3) is 0 Å². The second kappa shape index (κ2) is 8.42. The molecule has 0 saturated heterocycles. The lowest BCUT2D eigenvalue weighted by molar-refractivity contribution is 0.373. The van der Waals surface area contributed by atoms with Crippen LogP contribution in [0.25, 0.3) is 10.6 Å². The van der Waals surface area contributed by atoms with Crippen LogP contribution >= 0.6 is 23.1 Å². The lowest BCUT2D eigenvalue weighted by Gasteiger charge is -2.07. The van der Waals surface area contributed by atoms with Crippen molar-refractivity contribution in [1.29, 1.82) is 0 Å². The first-order valence-electron chi connectivity index (χ1n) is 7.82. The van der Waals surface area contributed by atoms with E-state index in [0.29, 0.717) is 23.0 Å². The Morgan fingerprint density at radius 2 is 1.88 bits per heavy atom. The number of ether oxygens (including phenoxy) is 2. The number of aromatic hydroxyl groups is 1. The molecular weight excluding hydrogens is 373 g/mol. The molecule has 0 bridgehead atoms. The van der Waals surface area contributed by atoms with Gasteiger partial charge in [-0.25, -0.2) is 9.37 Å². The largest absolute Gasteiger partial charge is 0.504 e. The molecule has 0 aliphatic carbocycles. The molecule has 1 aromatic heterocycles. The summed E-state index contributed by atoms with van der Waals surface area (Å²) in [4.78, 5) is 4.63. The van der Waals surface area contributed by atoms with Gasteiger partial charge in [-0.1, -0.05) is 0 Å². The Kier molecular flexibility index (Phi) is 6.00. The van der Waals surface area contributed by atoms with Crippen LogP contribution in [0.15, 0.2) is 41.8 Å². The Bertz CT molecular complexity index is 898. The number of phenolic OH excluding ortho intramolecular Hbond substituents is 1. The van der Waals surface area contributed by atoms with Gasteiger partial charge in [-0.15, -0.1) is 11.3 Å². The smallest absolute Gasteiger partial charge is 0.161 e. The Morgan fingerprint density at radius 1 is 1.08 bits per heavy atom. The number of thiazole rings is 1. The van der Waals surface area contributed by atoms with Gasteiger partial charge in [-0.05, 0) is 36.4 Å². The molecule has 4 nitrogen and oxygen atoms in total. The van der Waals surface area contributed by atoms with Gasteiger partial charge in [0, 0.05) is 28.0 Å². The van der Waals surface area contributed by atoms with Crippen molar-refractivity contribution in [3.05, 3.63) is 58.9 Å². The number of nitrogens with zero attached hydrogens (tertiary/aromatic N) is 1. The van der Waals surface area contributed by atoms with Gasteiger partial charge < -0.3 is 14.6 Å². The van der Waals surface area contributed by atoms with Crippen molar-refractivity contribution in [3.8, 4) is 27.8 Å². The van der Waals surface area contributed by atoms with E-state index in [0.717, 1.165) is 21.8 Å². The number of hydrogen-bond acceptors (Lipinski definition) is 6. The van der Waals surface area contributed by atoms with Crippen molar-refractivity contribution in [2.24, 2.45) is 0 Å². The van der Waals surface area contributed by atoms with Crippen LogP contribution < -0.4 is 9.47 Å². The van der Waals surface area contributed by atoms with Crippen molar-refractivity contribution in [2.45, 2.75) is 11.5 Å². The molecule has 7 heteroatoms. The lowest BCUT2D eigenvalue weighted by Crippen LogP contribution is -1.92. The number of phenols is 1. The molecule has 3 rings (SSSR count). The third kappa shape index (κ3) is 4.28. The standard InChI is InChI=1S/C19H18FNO3S2/c1-23-17-6-4-14(20)7-13(17)9-25-10-15-11-26-19(21-15)12-3-5-16(22)18(8-12)24-2/h3-8,11,22H,9-10H2,1-2H3. The molecule has 0 aliphatic heterocycles. The summed E-state index contributed by atoms with van der Waals surface area (Å²) >= 11 is 3.19. The highest BCUT2D eigenvalue weighted by Gasteiger charge is 2.10. The molecule has 26 heavy (non-hydrogen) atoms. The highest BCUT2D eigenvalue weighted by atomic mass is 32.2. The molecule has 3 aromatic rings. The van der Waals surface area contributed by atoms with Crippen LogP contribution in [0.4, 0.5) is 4.39 Å². The van der Waals surface area contributed by atoms with E-state index in [1.807, 2.05) is 11.4 Å². The lowest BCUT2D eigenvalue weighted by atomic mass is 10.2. The van der Waals surface area contributed by atoms with Gasteiger partial charge in [-0.2, -0.15) is 11.8 Å². The maximum absolute atomic E-state index is 13.4. The van der Waals surface area contributed by atoms with E-state index in [1.54, 1.807) is 37.1 Å². The van der Waals surface area contributed by atoms with Gasteiger partial charge in [-0.3, -0.25) is 0 Å². The van der Waals surface area contributed by atoms with Crippen LogP contribution in [-0.4, -0.2) is 24.3 Å². The zero-order valence-electron chi connectivity index (χ0n) is 14.4. The quantitative estimate of drug-likeness (QED) is 0.607. The fourth-order valence-corrected chi connectivity index (χ4v) is 4.27. The first-order chi connectivity index (χ1) is 12.6. The van der Waals surface area contributed by atoms with Crippen molar-refractivity contribution < 1.29 is 19.0 Å². The SMILES string of the molecule is COc1cc(-c2nc(CSCc3cc(F)ccc3OC)cs2)ccc1O. The van der Waals surface area contributed by atoms with E-state index in [4.69, 9.17) is 9.47 Å². The number of thioether (sulfide) groups is 1. The third-order valence-electron chi connectivity index (χ3n) is 3.73. The Labute approximate surface area is 159 Å². The molecule has 0 atom stereocenters. The molecule has 136 valence electrons. The minimum atomic E-state index is -0.265. The van der Waals surface area contributed by atoms with Gasteiger partial charge in [0.2, 0.25) is 0 Å². The molecule has 0 fully saturated rings. The molecule has 0 unspecified atom stereocenters. The van der Waals surface area contributed by atoms with Crippen LogP contribution in [0.1, 0.15) is 11.3 Å². The third-order valence-corrected chi connectivity index (χ3v) is 5.68. The minimum absolute atomic E-state index is 0.104. The highest BCUT2D eigenvalue weighted by molar-refractivity contribution is 7.97. The van der Waals surface area contributed by atoms with Crippen molar-refractivity contribution in [2.75, 3.05) is 14.2 Å². The first kappa shape index (κ1) is 18.5. The van der Waals surface area contributed by atoms with Gasteiger partial charge in [0.15, 0.2) is 11.5 Å². The van der Waals surface area contributed by atoms with Crippen LogP contribution in [0.2, 0.25) is 0 Å². The second-order valence-electron chi connectivity index (χ2n) is 5.48. The molecule has 0 aliphatic rings. The van der Waals surface area contributed by atoms with E-state index in [1.165, 1.54) is 30.6 Å². The Hall–Kier alpha value is -2.25. The zero-order valence-corrected chi connectivity index (χ0v) is 16.0. The van der Waals surface area contributed by atoms with Crippen molar-refractivity contribution in [1.82, 2.24) is 4.98 Å². The maximum Gasteiger partial charge on any atom is 0.161 e. The molecule has 0 saturated carbocycles. The highest BCUT2D eigenvalue weighted by Crippen LogP contribution is 2.33. The summed E-state index contributed by atoms with van der Waals surface area (Å²) in [7, 11) is 3.10. The van der Waals surface area contributed by atoms with E-state index >= 15 is 0 Å². The summed E-state index contributed by atoms with van der Waals surface area (Å²) in [5.41, 5.74) is 2.68. The normalized spacial score (nSPS) is 10.7. The molecule has 1 heterocycles. The van der Waals surface area contributed by atoms with Gasteiger partial charge in [0.1, 0.15) is 16.6 Å². The Morgan fingerprint density at radius 3 is 2.65 bits per heavy atom. The fourth-order valence-electron chi connectivity index (χ4n) is 2.44. The number of rotatable bonds is 7. The summed E-state index contributed by atoms with van der Waals surface area (Å²) in [6, 6.07) is 9.71. The molecule has 0 spiro atoms. The van der Waals surface area contributed by atoms with Crippen molar-refractivity contribution in [3.63, 3.8) is 0 Å². The van der Waals surface area contributed by atoms with E-state index < -0.39 is 0 Å². The maximum atomic E-state index is 13.4. The minimum Gasteiger partial charge on any atom is -0.504 e. The second-order valence-corrected chi connectivity index (χ2v) is 7.32. The van der Waals surface area contributed by atoms with E-state index in [2.05, 4.69) is 4.98 Å². The van der Waals surface area contributed by atoms with Crippen molar-refractivity contribution >= 4 is 23.1 Å². The summed E-state index contributed by atoms with van der Waals surface area (Å²) < 4.78 is 23.8. The molecule has 1 N–H and O–H groups in total. The summed E-state index contributed by atoms with van der Waals surface area (Å²) in [6.07, 6.45) is 0. The number of benzene rings is 2. The monoisotopic (exact) mass is 391 g/mol. The summed E-state index contributed by atoms with van der Waals surface area (Å²) in [5.74, 6) is 2.30. The van der Waals surface area contributed by atoms with Crippen LogP contribution in [0.3, 0.4) is 0 Å². The predicted molar refractivity (Wildman–Crippen MR) is 104 cm³/mol. The van der Waals surface area contributed by atoms with Gasteiger partial charge >= 0.3 is 0 Å². The molecule has 0 radical (unpaired) electrons. The van der Waals surface area contributed by atoms with Crippen LogP contribution in [-0.2, 0) is 11.5 Å². The fraction of sp³-hybridized carbons (Fsp3) is 0.211.